The fraction of sp³-hybridized carbons (Fsp3) is 0.387. The Balaban J connectivity index is 1.28. The van der Waals surface area contributed by atoms with Gasteiger partial charge in [0.15, 0.2) is 11.6 Å². The number of nitrogens with zero attached hydrogens (tertiary/aromatic N) is 8. The van der Waals surface area contributed by atoms with Gasteiger partial charge in [-0.2, -0.15) is 15.3 Å². The van der Waals surface area contributed by atoms with Crippen LogP contribution in [0, 0.1) is 17.1 Å². The van der Waals surface area contributed by atoms with Crippen molar-refractivity contribution in [1.82, 2.24) is 25.1 Å². The van der Waals surface area contributed by atoms with E-state index in [1.54, 1.807) is 29.4 Å². The van der Waals surface area contributed by atoms with Gasteiger partial charge in [0.05, 0.1) is 29.3 Å². The molecule has 0 spiro atoms. The maximum absolute atomic E-state index is 14.7. The van der Waals surface area contributed by atoms with E-state index in [0.29, 0.717) is 52.6 Å². The Morgan fingerprint density at radius 1 is 1.09 bits per heavy atom. The molecule has 0 bridgehead atoms. The molecule has 2 saturated heterocycles. The highest BCUT2D eigenvalue weighted by molar-refractivity contribution is 6.10. The summed E-state index contributed by atoms with van der Waals surface area (Å²) in [4.78, 5) is 31.7. The third kappa shape index (κ3) is 4.95. The Hall–Kier alpha value is -4.80. The number of ether oxygens (including phenoxy) is 1. The Bertz CT molecular complexity index is 1760. The van der Waals surface area contributed by atoms with Crippen LogP contribution in [0.2, 0.25) is 0 Å². The summed E-state index contributed by atoms with van der Waals surface area (Å²) in [6.45, 7) is 6.57. The van der Waals surface area contributed by atoms with Crippen LogP contribution < -0.4 is 20.0 Å². The summed E-state index contributed by atoms with van der Waals surface area (Å²) >= 11 is 0. The summed E-state index contributed by atoms with van der Waals surface area (Å²) in [5, 5.41) is 20.5. The molecular weight excluding hydrogens is 563 g/mol. The zero-order chi connectivity index (χ0) is 30.4. The van der Waals surface area contributed by atoms with Crippen molar-refractivity contribution in [2.24, 2.45) is 0 Å². The number of H-pyrrole nitrogens is 1. The van der Waals surface area contributed by atoms with Gasteiger partial charge in [0, 0.05) is 56.5 Å². The van der Waals surface area contributed by atoms with Crippen molar-refractivity contribution >= 4 is 51.3 Å². The Morgan fingerprint density at radius 3 is 2.66 bits per heavy atom. The molecule has 2 N–H and O–H groups in total. The number of aromatic nitrogens is 4. The second-order valence-corrected chi connectivity index (χ2v) is 11.5. The fourth-order valence-corrected chi connectivity index (χ4v) is 6.39. The van der Waals surface area contributed by atoms with Gasteiger partial charge in [0.1, 0.15) is 23.3 Å². The number of fused-ring (bicyclic) bond motifs is 2. The van der Waals surface area contributed by atoms with E-state index in [1.807, 2.05) is 19.1 Å². The van der Waals surface area contributed by atoms with E-state index < -0.39 is 11.9 Å². The predicted octanol–water partition coefficient (Wildman–Crippen LogP) is 3.91. The van der Waals surface area contributed by atoms with Crippen LogP contribution in [0.25, 0.3) is 10.9 Å². The normalized spacial score (nSPS) is 19.7. The minimum absolute atomic E-state index is 0.0420. The molecule has 5 heterocycles. The van der Waals surface area contributed by atoms with Gasteiger partial charge in [0.2, 0.25) is 5.95 Å². The van der Waals surface area contributed by atoms with Gasteiger partial charge in [-0.15, -0.1) is 0 Å². The highest BCUT2D eigenvalue weighted by Gasteiger charge is 2.41. The van der Waals surface area contributed by atoms with Gasteiger partial charge in [-0.25, -0.2) is 9.37 Å². The van der Waals surface area contributed by atoms with E-state index in [-0.39, 0.29) is 17.9 Å². The molecule has 0 saturated carbocycles. The smallest absolute Gasteiger partial charge is 0.254 e. The zero-order valence-electron chi connectivity index (χ0n) is 24.6. The summed E-state index contributed by atoms with van der Waals surface area (Å²) in [5.74, 6) is 0.292. The Kier molecular flexibility index (Phi) is 7.23. The van der Waals surface area contributed by atoms with Crippen LogP contribution in [0.1, 0.15) is 25.3 Å². The number of rotatable bonds is 5. The second-order valence-electron chi connectivity index (χ2n) is 11.5. The van der Waals surface area contributed by atoms with Crippen molar-refractivity contribution in [2.75, 3.05) is 66.5 Å². The molecule has 2 aromatic heterocycles. The monoisotopic (exact) mass is 596 g/mol. The van der Waals surface area contributed by atoms with Gasteiger partial charge in [0.25, 0.3) is 5.91 Å². The molecule has 3 aliphatic heterocycles. The highest BCUT2D eigenvalue weighted by atomic mass is 19.1. The number of aromatic amines is 1. The molecule has 13 heteroatoms. The van der Waals surface area contributed by atoms with Crippen LogP contribution in [-0.2, 0) is 9.53 Å². The first kappa shape index (κ1) is 28.0. The quantitative estimate of drug-likeness (QED) is 0.350. The maximum atomic E-state index is 14.7. The summed E-state index contributed by atoms with van der Waals surface area (Å²) in [6, 6.07) is 10.6. The standard InChI is InChI=1S/C31H33FN10O2/c1-19-30(43)42(24-3-4-26(20(14-24)16-33)40-9-7-39(2)8-10-40)27-18-34-31(37-29(27)41(19)23-5-11-44-12-6-23)36-22-13-21-17-35-38-28(21)25(32)15-22/h3-4,13-15,17-19,23H,5-12H2,1-2H3,(H,35,38)(H,34,36,37)/t19-/m1/s1. The lowest BCUT2D eigenvalue weighted by Gasteiger charge is -2.45. The number of amides is 1. The molecule has 0 aliphatic carbocycles. The maximum Gasteiger partial charge on any atom is 0.254 e. The number of halogens is 1. The van der Waals surface area contributed by atoms with Crippen molar-refractivity contribution in [2.45, 2.75) is 31.8 Å². The second kappa shape index (κ2) is 11.4. The van der Waals surface area contributed by atoms with Gasteiger partial charge < -0.3 is 24.8 Å². The molecule has 12 nitrogen and oxygen atoms in total. The summed E-state index contributed by atoms with van der Waals surface area (Å²) in [7, 11) is 2.09. The van der Waals surface area contributed by atoms with Crippen molar-refractivity contribution in [3.05, 3.63) is 54.1 Å². The van der Waals surface area contributed by atoms with Crippen LogP contribution in [-0.4, -0.2) is 89.5 Å². The molecule has 1 amide bonds. The number of carbonyl (C=O) groups is 1. The van der Waals surface area contributed by atoms with Crippen molar-refractivity contribution in [3.8, 4) is 6.07 Å². The first-order chi connectivity index (χ1) is 21.4. The minimum Gasteiger partial charge on any atom is -0.381 e. The van der Waals surface area contributed by atoms with E-state index in [9.17, 15) is 14.4 Å². The number of likely N-dealkylation sites (N-methyl/N-ethyl adjacent to an activating group) is 1. The Labute approximate surface area is 254 Å². The number of nitriles is 1. The molecule has 3 aliphatic rings. The topological polar surface area (TPSA) is 130 Å². The summed E-state index contributed by atoms with van der Waals surface area (Å²) in [5.41, 5.74) is 3.29. The lowest BCUT2D eigenvalue weighted by atomic mass is 10.0. The Morgan fingerprint density at radius 2 is 1.89 bits per heavy atom. The van der Waals surface area contributed by atoms with Crippen LogP contribution in [0.3, 0.4) is 0 Å². The number of nitrogens with one attached hydrogen (secondary N) is 2. The molecule has 2 fully saturated rings. The van der Waals surface area contributed by atoms with Gasteiger partial charge in [-0.1, -0.05) is 0 Å². The lowest BCUT2D eigenvalue weighted by Crippen LogP contribution is -2.56. The van der Waals surface area contributed by atoms with Crippen molar-refractivity contribution in [1.29, 1.82) is 5.26 Å². The molecule has 44 heavy (non-hydrogen) atoms. The molecule has 0 unspecified atom stereocenters. The van der Waals surface area contributed by atoms with E-state index >= 15 is 0 Å². The minimum atomic E-state index is -0.532. The van der Waals surface area contributed by atoms with Gasteiger partial charge in [-0.3, -0.25) is 14.8 Å². The van der Waals surface area contributed by atoms with E-state index in [2.05, 4.69) is 48.3 Å². The number of piperazine rings is 1. The van der Waals surface area contributed by atoms with E-state index in [4.69, 9.17) is 9.72 Å². The average Bonchev–Trinajstić information content (AvgIpc) is 3.52. The number of hydrogen-bond donors (Lipinski definition) is 2. The molecule has 226 valence electrons. The first-order valence-corrected chi connectivity index (χ1v) is 14.9. The molecule has 0 radical (unpaired) electrons. The van der Waals surface area contributed by atoms with Crippen molar-refractivity contribution < 1.29 is 13.9 Å². The average molecular weight is 597 g/mol. The molecule has 7 rings (SSSR count). The SMILES string of the molecule is C[C@@H]1C(=O)N(c2ccc(N3CCN(C)CC3)c(C#N)c2)c2cnc(Nc3cc(F)c4[nH]ncc4c3)nc2N1C1CCOCC1. The van der Waals surface area contributed by atoms with Gasteiger partial charge >= 0.3 is 0 Å². The van der Waals surface area contributed by atoms with Crippen molar-refractivity contribution in [3.63, 3.8) is 0 Å². The summed E-state index contributed by atoms with van der Waals surface area (Å²) in [6.07, 6.45) is 4.68. The largest absolute Gasteiger partial charge is 0.381 e. The molecule has 2 aromatic carbocycles. The highest BCUT2D eigenvalue weighted by Crippen LogP contribution is 2.42. The number of anilines is 6. The van der Waals surface area contributed by atoms with E-state index in [1.165, 1.54) is 6.07 Å². The molecular formula is C31H33FN10O2. The summed E-state index contributed by atoms with van der Waals surface area (Å²) < 4.78 is 20.3. The first-order valence-electron chi connectivity index (χ1n) is 14.9. The van der Waals surface area contributed by atoms with Crippen LogP contribution in [0.15, 0.2) is 42.7 Å². The molecule has 4 aromatic rings. The van der Waals surface area contributed by atoms with Crippen LogP contribution >= 0.6 is 0 Å². The number of hydrogen-bond acceptors (Lipinski definition) is 10. The lowest BCUT2D eigenvalue weighted by molar-refractivity contribution is -0.119. The molecule has 1 atom stereocenters. The number of benzene rings is 2. The third-order valence-corrected chi connectivity index (χ3v) is 8.77. The predicted molar refractivity (Wildman–Crippen MR) is 165 cm³/mol. The zero-order valence-corrected chi connectivity index (χ0v) is 24.6. The van der Waals surface area contributed by atoms with Crippen LogP contribution in [0.5, 0.6) is 0 Å². The fourth-order valence-electron chi connectivity index (χ4n) is 6.39. The van der Waals surface area contributed by atoms with E-state index in [0.717, 1.165) is 44.7 Å². The third-order valence-electron chi connectivity index (χ3n) is 8.77. The number of carbonyl (C=O) groups excluding carboxylic acids is 1. The van der Waals surface area contributed by atoms with Crippen LogP contribution in [0.4, 0.5) is 38.9 Å². The van der Waals surface area contributed by atoms with Gasteiger partial charge in [-0.05, 0) is 57.1 Å².